The SMILES string of the molecule is O=C(/C=C/c1ccccc1)Nc1ccc(SC(C(=O)Nc2ccc(Cl)cn2)c2ccccc2)cc1. The summed E-state index contributed by atoms with van der Waals surface area (Å²) in [7, 11) is 0. The van der Waals surface area contributed by atoms with Crippen LogP contribution in [0.5, 0.6) is 0 Å². The number of pyridine rings is 1. The van der Waals surface area contributed by atoms with Crippen LogP contribution in [-0.2, 0) is 9.59 Å². The van der Waals surface area contributed by atoms with Gasteiger partial charge in [-0.2, -0.15) is 0 Å². The summed E-state index contributed by atoms with van der Waals surface area (Å²) >= 11 is 7.31. The number of carbonyl (C=O) groups is 2. The van der Waals surface area contributed by atoms with Crippen molar-refractivity contribution in [1.82, 2.24) is 4.98 Å². The van der Waals surface area contributed by atoms with Gasteiger partial charge >= 0.3 is 0 Å². The molecule has 5 nitrogen and oxygen atoms in total. The summed E-state index contributed by atoms with van der Waals surface area (Å²) in [6, 6.07) is 29.9. The van der Waals surface area contributed by atoms with Crippen molar-refractivity contribution in [3.05, 3.63) is 125 Å². The zero-order valence-electron chi connectivity index (χ0n) is 18.6. The first-order valence-corrected chi connectivity index (χ1v) is 12.1. The van der Waals surface area contributed by atoms with Crippen molar-refractivity contribution in [2.24, 2.45) is 0 Å². The minimum atomic E-state index is -0.497. The quantitative estimate of drug-likeness (QED) is 0.205. The molecular weight excluding hydrogens is 478 g/mol. The van der Waals surface area contributed by atoms with Crippen molar-refractivity contribution in [3.8, 4) is 0 Å². The predicted octanol–water partition coefficient (Wildman–Crippen LogP) is 6.86. The lowest BCUT2D eigenvalue weighted by molar-refractivity contribution is -0.116. The molecule has 0 fully saturated rings. The highest BCUT2D eigenvalue weighted by Crippen LogP contribution is 2.36. The van der Waals surface area contributed by atoms with Crippen LogP contribution in [0.1, 0.15) is 16.4 Å². The lowest BCUT2D eigenvalue weighted by Crippen LogP contribution is -2.19. The van der Waals surface area contributed by atoms with E-state index in [1.54, 1.807) is 18.2 Å². The van der Waals surface area contributed by atoms with E-state index in [2.05, 4.69) is 15.6 Å². The smallest absolute Gasteiger partial charge is 0.248 e. The molecule has 0 bridgehead atoms. The number of nitrogens with zero attached hydrogens (tertiary/aromatic N) is 1. The Morgan fingerprint density at radius 3 is 2.17 bits per heavy atom. The second-order valence-corrected chi connectivity index (χ2v) is 9.13. The van der Waals surface area contributed by atoms with E-state index in [-0.39, 0.29) is 11.8 Å². The molecule has 2 N–H and O–H groups in total. The summed E-state index contributed by atoms with van der Waals surface area (Å²) in [5.41, 5.74) is 2.49. The average Bonchev–Trinajstić information content (AvgIpc) is 2.89. The Morgan fingerprint density at radius 1 is 0.829 bits per heavy atom. The van der Waals surface area contributed by atoms with Gasteiger partial charge in [0.1, 0.15) is 11.1 Å². The minimum Gasteiger partial charge on any atom is -0.323 e. The number of rotatable bonds is 8. The Morgan fingerprint density at radius 2 is 1.51 bits per heavy atom. The molecular formula is C28H22ClN3O2S. The van der Waals surface area contributed by atoms with Crippen LogP contribution in [0.4, 0.5) is 11.5 Å². The van der Waals surface area contributed by atoms with Crippen molar-refractivity contribution in [1.29, 1.82) is 0 Å². The average molecular weight is 500 g/mol. The molecule has 1 heterocycles. The third-order valence-electron chi connectivity index (χ3n) is 4.92. The molecule has 1 atom stereocenters. The fourth-order valence-corrected chi connectivity index (χ4v) is 4.35. The second-order valence-electron chi connectivity index (χ2n) is 7.52. The van der Waals surface area contributed by atoms with Crippen molar-refractivity contribution >= 4 is 52.8 Å². The molecule has 35 heavy (non-hydrogen) atoms. The number of amides is 2. The number of anilines is 2. The maximum Gasteiger partial charge on any atom is 0.248 e. The molecule has 174 valence electrons. The number of aromatic nitrogens is 1. The van der Waals surface area contributed by atoms with Crippen LogP contribution < -0.4 is 10.6 Å². The third-order valence-corrected chi connectivity index (χ3v) is 6.41. The first-order valence-electron chi connectivity index (χ1n) is 10.8. The lowest BCUT2D eigenvalue weighted by Gasteiger charge is -2.17. The largest absolute Gasteiger partial charge is 0.323 e. The van der Waals surface area contributed by atoms with Gasteiger partial charge in [0.25, 0.3) is 0 Å². The number of nitrogens with one attached hydrogen (secondary N) is 2. The Hall–Kier alpha value is -3.87. The molecule has 0 aliphatic heterocycles. The van der Waals surface area contributed by atoms with E-state index >= 15 is 0 Å². The van der Waals surface area contributed by atoms with Gasteiger partial charge in [0.05, 0.1) is 5.02 Å². The van der Waals surface area contributed by atoms with Crippen LogP contribution in [0.25, 0.3) is 6.08 Å². The van der Waals surface area contributed by atoms with Gasteiger partial charge in [-0.1, -0.05) is 72.3 Å². The van der Waals surface area contributed by atoms with Gasteiger partial charge in [0.2, 0.25) is 11.8 Å². The fourth-order valence-electron chi connectivity index (χ4n) is 3.22. The van der Waals surface area contributed by atoms with Crippen LogP contribution in [0, 0.1) is 0 Å². The molecule has 0 saturated carbocycles. The number of hydrogen-bond acceptors (Lipinski definition) is 4. The number of thioether (sulfide) groups is 1. The molecule has 2 amide bonds. The van der Waals surface area contributed by atoms with Gasteiger partial charge in [-0.15, -0.1) is 11.8 Å². The molecule has 0 spiro atoms. The molecule has 0 saturated heterocycles. The topological polar surface area (TPSA) is 71.1 Å². The van der Waals surface area contributed by atoms with Gasteiger partial charge in [-0.3, -0.25) is 9.59 Å². The molecule has 7 heteroatoms. The fraction of sp³-hybridized carbons (Fsp3) is 0.0357. The maximum absolute atomic E-state index is 13.1. The Balaban J connectivity index is 1.43. The molecule has 0 radical (unpaired) electrons. The summed E-state index contributed by atoms with van der Waals surface area (Å²) in [5, 5.41) is 5.71. The number of halogens is 1. The highest BCUT2D eigenvalue weighted by Gasteiger charge is 2.22. The third kappa shape index (κ3) is 7.30. The van der Waals surface area contributed by atoms with E-state index in [0.717, 1.165) is 16.0 Å². The van der Waals surface area contributed by atoms with E-state index < -0.39 is 5.25 Å². The van der Waals surface area contributed by atoms with Crippen molar-refractivity contribution in [2.45, 2.75) is 10.1 Å². The van der Waals surface area contributed by atoms with E-state index in [1.165, 1.54) is 24.0 Å². The van der Waals surface area contributed by atoms with Crippen LogP contribution >= 0.6 is 23.4 Å². The normalized spacial score (nSPS) is 11.7. The first-order chi connectivity index (χ1) is 17.1. The van der Waals surface area contributed by atoms with Gasteiger partial charge < -0.3 is 10.6 Å². The number of carbonyl (C=O) groups excluding carboxylic acids is 2. The number of hydrogen-bond donors (Lipinski definition) is 2. The molecule has 0 aliphatic rings. The highest BCUT2D eigenvalue weighted by molar-refractivity contribution is 8.00. The maximum atomic E-state index is 13.1. The Kier molecular flexibility index (Phi) is 8.33. The van der Waals surface area contributed by atoms with Gasteiger partial charge in [0.15, 0.2) is 0 Å². The van der Waals surface area contributed by atoms with Crippen LogP contribution in [0.15, 0.2) is 114 Å². The van der Waals surface area contributed by atoms with Gasteiger partial charge in [0, 0.05) is 22.9 Å². The monoisotopic (exact) mass is 499 g/mol. The molecule has 4 rings (SSSR count). The Bertz CT molecular complexity index is 1300. The first kappa shape index (κ1) is 24.3. The second kappa shape index (κ2) is 12.0. The van der Waals surface area contributed by atoms with Crippen molar-refractivity contribution in [2.75, 3.05) is 10.6 Å². The summed E-state index contributed by atoms with van der Waals surface area (Å²) in [4.78, 5) is 30.4. The van der Waals surface area contributed by atoms with Gasteiger partial charge in [-0.05, 0) is 53.6 Å². The van der Waals surface area contributed by atoms with E-state index in [1.807, 2.05) is 84.9 Å². The summed E-state index contributed by atoms with van der Waals surface area (Å²) in [6.45, 7) is 0. The lowest BCUT2D eigenvalue weighted by atomic mass is 10.1. The zero-order chi connectivity index (χ0) is 24.5. The van der Waals surface area contributed by atoms with Crippen molar-refractivity contribution < 1.29 is 9.59 Å². The van der Waals surface area contributed by atoms with Gasteiger partial charge in [-0.25, -0.2) is 4.98 Å². The zero-order valence-corrected chi connectivity index (χ0v) is 20.2. The van der Waals surface area contributed by atoms with Crippen LogP contribution in [0.3, 0.4) is 0 Å². The predicted molar refractivity (Wildman–Crippen MR) is 143 cm³/mol. The molecule has 1 unspecified atom stereocenters. The molecule has 1 aromatic heterocycles. The van der Waals surface area contributed by atoms with Crippen molar-refractivity contribution in [3.63, 3.8) is 0 Å². The van der Waals surface area contributed by atoms with Crippen LogP contribution in [-0.4, -0.2) is 16.8 Å². The molecule has 0 aliphatic carbocycles. The minimum absolute atomic E-state index is 0.195. The summed E-state index contributed by atoms with van der Waals surface area (Å²) in [5.74, 6) is 0.0215. The van der Waals surface area contributed by atoms with E-state index in [9.17, 15) is 9.59 Å². The highest BCUT2D eigenvalue weighted by atomic mass is 35.5. The standard InChI is InChI=1S/C28H22ClN3O2S/c29-22-12-17-25(30-19-22)32-28(34)27(21-9-5-2-6-10-21)35-24-15-13-23(14-16-24)31-26(33)18-11-20-7-3-1-4-8-20/h1-19,27H,(H,31,33)(H,30,32,34)/b18-11+. The summed E-state index contributed by atoms with van der Waals surface area (Å²) < 4.78 is 0. The number of benzene rings is 3. The molecule has 3 aromatic carbocycles. The molecule has 4 aromatic rings. The van der Waals surface area contributed by atoms with E-state index in [0.29, 0.717) is 16.5 Å². The summed E-state index contributed by atoms with van der Waals surface area (Å²) in [6.07, 6.45) is 4.75. The Labute approximate surface area is 213 Å². The van der Waals surface area contributed by atoms with E-state index in [4.69, 9.17) is 11.6 Å². The van der Waals surface area contributed by atoms with Crippen LogP contribution in [0.2, 0.25) is 5.02 Å².